The summed E-state index contributed by atoms with van der Waals surface area (Å²) >= 11 is 20.8. The highest BCUT2D eigenvalue weighted by atomic mass is 79.9. The molecule has 0 aliphatic carbocycles. The van der Waals surface area contributed by atoms with E-state index >= 15 is 0 Å². The van der Waals surface area contributed by atoms with Gasteiger partial charge in [0.15, 0.2) is 11.0 Å². The molecule has 2 rings (SSSR count). The van der Waals surface area contributed by atoms with Crippen molar-refractivity contribution >= 4 is 62.3 Å². The maximum Gasteiger partial charge on any atom is 0.291 e. The highest BCUT2D eigenvalue weighted by Crippen LogP contribution is 2.34. The van der Waals surface area contributed by atoms with E-state index in [0.29, 0.717) is 15.7 Å². The number of anilines is 1. The van der Waals surface area contributed by atoms with E-state index < -0.39 is 5.91 Å². The Morgan fingerprint density at radius 2 is 1.78 bits per heavy atom. The molecule has 2 aromatic rings. The van der Waals surface area contributed by atoms with Gasteiger partial charge < -0.3 is 9.73 Å². The molecule has 0 saturated carbocycles. The fraction of sp³-hybridized carbons (Fsp3) is 0. The number of carbonyl (C=O) groups is 1. The van der Waals surface area contributed by atoms with Crippen LogP contribution in [-0.2, 0) is 0 Å². The maximum absolute atomic E-state index is 11.8. The van der Waals surface area contributed by atoms with Crippen molar-refractivity contribution in [2.75, 3.05) is 5.32 Å². The molecule has 0 saturated heterocycles. The molecule has 0 atom stereocenters. The molecule has 0 radical (unpaired) electrons. The Hall–Kier alpha value is -0.680. The summed E-state index contributed by atoms with van der Waals surface area (Å²) in [6.45, 7) is 0. The van der Waals surface area contributed by atoms with Crippen LogP contribution in [0.4, 0.5) is 5.69 Å². The number of benzene rings is 1. The van der Waals surface area contributed by atoms with Crippen LogP contribution in [0.3, 0.4) is 0 Å². The van der Waals surface area contributed by atoms with Crippen LogP contribution in [0, 0.1) is 0 Å². The summed E-state index contributed by atoms with van der Waals surface area (Å²) in [7, 11) is 0. The van der Waals surface area contributed by atoms with Gasteiger partial charge in [0.05, 0.1) is 15.7 Å². The lowest BCUT2D eigenvalue weighted by molar-refractivity contribution is 0.0997. The Balaban J connectivity index is 2.27. The largest absolute Gasteiger partial charge is 0.440 e. The first-order chi connectivity index (χ1) is 8.47. The summed E-state index contributed by atoms with van der Waals surface area (Å²) in [4.78, 5) is 11.8. The second-order valence-corrected chi connectivity index (χ2v) is 5.40. The third kappa shape index (κ3) is 3.01. The number of hydrogen-bond donors (Lipinski definition) is 1. The van der Waals surface area contributed by atoms with Gasteiger partial charge in [-0.15, -0.1) is 0 Å². The summed E-state index contributed by atoms with van der Waals surface area (Å²) in [5.74, 6) is -0.400. The molecule has 1 amide bonds. The summed E-state index contributed by atoms with van der Waals surface area (Å²) in [5, 5.41) is 3.33. The fourth-order valence-electron chi connectivity index (χ4n) is 1.27. The van der Waals surface area contributed by atoms with Crippen LogP contribution in [0.2, 0.25) is 15.3 Å². The van der Waals surface area contributed by atoms with Gasteiger partial charge in [-0.2, -0.15) is 0 Å². The lowest BCUT2D eigenvalue weighted by Gasteiger charge is -2.08. The highest BCUT2D eigenvalue weighted by Gasteiger charge is 2.15. The summed E-state index contributed by atoms with van der Waals surface area (Å²) < 4.78 is 5.70. The van der Waals surface area contributed by atoms with Crippen molar-refractivity contribution in [2.24, 2.45) is 0 Å². The van der Waals surface area contributed by atoms with Gasteiger partial charge >= 0.3 is 0 Å². The number of rotatable bonds is 2. The van der Waals surface area contributed by atoms with Crippen molar-refractivity contribution in [3.8, 4) is 0 Å². The SMILES string of the molecule is O=C(Nc1c(Cl)cc(Br)cc1Cl)c1ccc(Cl)o1. The van der Waals surface area contributed by atoms with Gasteiger partial charge in [0.25, 0.3) is 5.91 Å². The average Bonchev–Trinajstić information content (AvgIpc) is 2.70. The molecular formula is C11H5BrCl3NO2. The zero-order valence-electron chi connectivity index (χ0n) is 8.64. The van der Waals surface area contributed by atoms with Crippen LogP contribution in [0.15, 0.2) is 33.2 Å². The minimum atomic E-state index is -0.479. The second kappa shape index (κ2) is 5.53. The average molecular weight is 369 g/mol. The van der Waals surface area contributed by atoms with Crippen LogP contribution < -0.4 is 5.32 Å². The predicted molar refractivity (Wildman–Crippen MR) is 75.8 cm³/mol. The van der Waals surface area contributed by atoms with E-state index in [1.54, 1.807) is 12.1 Å². The number of amides is 1. The molecule has 0 bridgehead atoms. The van der Waals surface area contributed by atoms with E-state index in [-0.39, 0.29) is 11.0 Å². The third-order valence-electron chi connectivity index (χ3n) is 2.04. The van der Waals surface area contributed by atoms with E-state index in [0.717, 1.165) is 4.47 Å². The summed E-state index contributed by atoms with van der Waals surface area (Å²) in [6.07, 6.45) is 0. The number of carbonyl (C=O) groups excluding carboxylic acids is 1. The molecule has 0 fully saturated rings. The van der Waals surface area contributed by atoms with E-state index in [4.69, 9.17) is 39.2 Å². The summed E-state index contributed by atoms with van der Waals surface area (Å²) in [5.41, 5.74) is 0.319. The monoisotopic (exact) mass is 367 g/mol. The van der Waals surface area contributed by atoms with Crippen molar-refractivity contribution in [1.29, 1.82) is 0 Å². The quantitative estimate of drug-likeness (QED) is 0.785. The number of nitrogens with one attached hydrogen (secondary N) is 1. The zero-order chi connectivity index (χ0) is 13.3. The van der Waals surface area contributed by atoms with Crippen molar-refractivity contribution in [2.45, 2.75) is 0 Å². The molecule has 1 aromatic carbocycles. The third-order valence-corrected chi connectivity index (χ3v) is 3.30. The second-order valence-electron chi connectivity index (χ2n) is 3.30. The van der Waals surface area contributed by atoms with E-state index in [1.807, 2.05) is 0 Å². The minimum absolute atomic E-state index is 0.0788. The van der Waals surface area contributed by atoms with Crippen molar-refractivity contribution in [3.05, 3.63) is 49.8 Å². The highest BCUT2D eigenvalue weighted by molar-refractivity contribution is 9.10. The molecule has 0 aliphatic heterocycles. The minimum Gasteiger partial charge on any atom is -0.440 e. The molecule has 3 nitrogen and oxygen atoms in total. The Morgan fingerprint density at radius 3 is 2.28 bits per heavy atom. The fourth-order valence-corrected chi connectivity index (χ4v) is 2.72. The van der Waals surface area contributed by atoms with Gasteiger partial charge in [-0.1, -0.05) is 39.1 Å². The van der Waals surface area contributed by atoms with Crippen LogP contribution >= 0.6 is 50.7 Å². The molecule has 7 heteroatoms. The van der Waals surface area contributed by atoms with E-state index in [9.17, 15) is 4.79 Å². The van der Waals surface area contributed by atoms with Crippen LogP contribution in [-0.4, -0.2) is 5.91 Å². The zero-order valence-corrected chi connectivity index (χ0v) is 12.5. The smallest absolute Gasteiger partial charge is 0.291 e. The maximum atomic E-state index is 11.8. The Morgan fingerprint density at radius 1 is 1.17 bits per heavy atom. The number of furan rings is 1. The molecule has 94 valence electrons. The van der Waals surface area contributed by atoms with Crippen LogP contribution in [0.25, 0.3) is 0 Å². The first kappa shape index (κ1) is 13.7. The van der Waals surface area contributed by atoms with Gasteiger partial charge in [-0.25, -0.2) is 0 Å². The van der Waals surface area contributed by atoms with Crippen molar-refractivity contribution < 1.29 is 9.21 Å². The van der Waals surface area contributed by atoms with Gasteiger partial charge in [0.2, 0.25) is 0 Å². The summed E-state index contributed by atoms with van der Waals surface area (Å²) in [6, 6.07) is 6.18. The van der Waals surface area contributed by atoms with Crippen molar-refractivity contribution in [3.63, 3.8) is 0 Å². The molecule has 1 N–H and O–H groups in total. The first-order valence-corrected chi connectivity index (χ1v) is 6.61. The van der Waals surface area contributed by atoms with E-state index in [1.165, 1.54) is 12.1 Å². The molecule has 18 heavy (non-hydrogen) atoms. The van der Waals surface area contributed by atoms with Gasteiger partial charge in [0.1, 0.15) is 0 Å². The van der Waals surface area contributed by atoms with Crippen LogP contribution in [0.5, 0.6) is 0 Å². The topological polar surface area (TPSA) is 42.2 Å². The number of hydrogen-bond acceptors (Lipinski definition) is 2. The molecule has 0 spiro atoms. The molecule has 1 aromatic heterocycles. The lowest BCUT2D eigenvalue weighted by Crippen LogP contribution is -2.11. The Kier molecular flexibility index (Phi) is 4.22. The normalized spacial score (nSPS) is 10.4. The molecule has 1 heterocycles. The van der Waals surface area contributed by atoms with Crippen LogP contribution in [0.1, 0.15) is 10.6 Å². The number of halogens is 4. The molecule has 0 unspecified atom stereocenters. The van der Waals surface area contributed by atoms with Gasteiger partial charge in [0, 0.05) is 4.47 Å². The molecule has 0 aliphatic rings. The van der Waals surface area contributed by atoms with Gasteiger partial charge in [-0.05, 0) is 35.9 Å². The molecular weight excluding hydrogens is 364 g/mol. The predicted octanol–water partition coefficient (Wildman–Crippen LogP) is 5.25. The van der Waals surface area contributed by atoms with Crippen molar-refractivity contribution in [1.82, 2.24) is 0 Å². The van der Waals surface area contributed by atoms with E-state index in [2.05, 4.69) is 21.2 Å². The Bertz CT molecular complexity index is 589. The lowest BCUT2D eigenvalue weighted by atomic mass is 10.3. The van der Waals surface area contributed by atoms with Gasteiger partial charge in [-0.3, -0.25) is 4.79 Å². The Labute approximate surface area is 126 Å². The standard InChI is InChI=1S/C11H5BrCl3NO2/c12-5-3-6(13)10(7(14)4-5)16-11(17)8-1-2-9(15)18-8/h1-4H,(H,16,17). The first-order valence-electron chi connectivity index (χ1n) is 4.68.